The summed E-state index contributed by atoms with van der Waals surface area (Å²) < 4.78 is 0. The van der Waals surface area contributed by atoms with Crippen molar-refractivity contribution in [3.63, 3.8) is 0 Å². The van der Waals surface area contributed by atoms with Gasteiger partial charge in [0, 0.05) is 43.9 Å². The molecule has 0 aromatic carbocycles. The maximum Gasteiger partial charge on any atom is 0.220 e. The molecule has 0 aliphatic rings. The molecule has 1 amide bonds. The molecule has 0 atom stereocenters. The van der Waals surface area contributed by atoms with Gasteiger partial charge in [0.05, 0.1) is 0 Å². The molecule has 5 nitrogen and oxygen atoms in total. The van der Waals surface area contributed by atoms with E-state index in [0.29, 0.717) is 25.0 Å². The third kappa shape index (κ3) is 16.6. The van der Waals surface area contributed by atoms with Gasteiger partial charge in [-0.05, 0) is 45.8 Å². The van der Waals surface area contributed by atoms with Gasteiger partial charge in [0.25, 0.3) is 0 Å². The first-order valence-corrected chi connectivity index (χ1v) is 11.5. The Labute approximate surface area is 155 Å². The molecule has 0 aliphatic carbocycles. The zero-order chi connectivity index (χ0) is 18.0. The standard InChI is InChI=1S/C17H35N3O2S2/c1-3-7-17(22)19-11-15-24-23-14-6-8-16(21)9-13-20(2)12-5-4-10-18/h3-15,18H2,1-2H3,(H,19,22). The molecule has 0 saturated heterocycles. The van der Waals surface area contributed by atoms with E-state index in [1.807, 2.05) is 6.92 Å². The number of ketones is 1. The van der Waals surface area contributed by atoms with Gasteiger partial charge < -0.3 is 16.0 Å². The Bertz CT molecular complexity index is 331. The Kier molecular flexibility index (Phi) is 17.4. The van der Waals surface area contributed by atoms with Crippen molar-refractivity contribution in [1.82, 2.24) is 10.2 Å². The average Bonchev–Trinajstić information content (AvgIpc) is 2.56. The monoisotopic (exact) mass is 377 g/mol. The van der Waals surface area contributed by atoms with Crippen LogP contribution in [0, 0.1) is 0 Å². The van der Waals surface area contributed by atoms with Gasteiger partial charge in [-0.3, -0.25) is 9.59 Å². The van der Waals surface area contributed by atoms with Crippen molar-refractivity contribution in [2.45, 2.75) is 51.9 Å². The van der Waals surface area contributed by atoms with E-state index in [0.717, 1.165) is 63.4 Å². The van der Waals surface area contributed by atoms with Gasteiger partial charge >= 0.3 is 0 Å². The number of carbonyl (C=O) groups is 2. The van der Waals surface area contributed by atoms with Crippen LogP contribution in [0.5, 0.6) is 0 Å². The number of nitrogens with one attached hydrogen (secondary N) is 1. The van der Waals surface area contributed by atoms with Crippen molar-refractivity contribution in [3.8, 4) is 0 Å². The first-order valence-electron chi connectivity index (χ1n) is 9.01. The van der Waals surface area contributed by atoms with Gasteiger partial charge in [0.15, 0.2) is 0 Å². The number of nitrogens with two attached hydrogens (primary N) is 1. The number of rotatable bonds is 17. The van der Waals surface area contributed by atoms with E-state index in [2.05, 4.69) is 17.3 Å². The first kappa shape index (κ1) is 23.8. The molecule has 0 spiro atoms. The van der Waals surface area contributed by atoms with E-state index in [1.54, 1.807) is 21.6 Å². The molecule has 0 aliphatic heterocycles. The Balaban J connectivity index is 3.35. The third-order valence-electron chi connectivity index (χ3n) is 3.52. The fourth-order valence-corrected chi connectivity index (χ4v) is 4.07. The van der Waals surface area contributed by atoms with Crippen LogP contribution in [0.4, 0.5) is 0 Å². The highest BCUT2D eigenvalue weighted by Crippen LogP contribution is 2.21. The van der Waals surface area contributed by atoms with E-state index in [-0.39, 0.29) is 5.91 Å². The van der Waals surface area contributed by atoms with E-state index in [1.165, 1.54) is 0 Å². The summed E-state index contributed by atoms with van der Waals surface area (Å²) in [7, 11) is 5.62. The Morgan fingerprint density at radius 3 is 2.46 bits per heavy atom. The van der Waals surface area contributed by atoms with Crippen molar-refractivity contribution in [1.29, 1.82) is 0 Å². The number of hydrogen-bond acceptors (Lipinski definition) is 6. The van der Waals surface area contributed by atoms with Crippen molar-refractivity contribution >= 4 is 33.3 Å². The lowest BCUT2D eigenvalue weighted by Gasteiger charge is -2.15. The van der Waals surface area contributed by atoms with Crippen molar-refractivity contribution in [2.24, 2.45) is 5.73 Å². The highest BCUT2D eigenvalue weighted by molar-refractivity contribution is 8.76. The molecule has 7 heteroatoms. The van der Waals surface area contributed by atoms with Gasteiger partial charge in [-0.2, -0.15) is 0 Å². The van der Waals surface area contributed by atoms with Crippen LogP contribution in [-0.4, -0.2) is 61.3 Å². The van der Waals surface area contributed by atoms with Gasteiger partial charge in [0.1, 0.15) is 5.78 Å². The molecular weight excluding hydrogens is 342 g/mol. The Hall–Kier alpha value is -0.240. The molecule has 0 radical (unpaired) electrons. The molecule has 0 unspecified atom stereocenters. The molecule has 0 aromatic heterocycles. The number of amides is 1. The summed E-state index contributed by atoms with van der Waals surface area (Å²) in [5, 5.41) is 2.90. The molecule has 0 bridgehead atoms. The van der Waals surface area contributed by atoms with Gasteiger partial charge in [0.2, 0.25) is 5.91 Å². The van der Waals surface area contributed by atoms with Gasteiger partial charge in [-0.15, -0.1) is 0 Å². The number of Topliss-reactive ketones (excluding diaryl/α,β-unsaturated/α-hetero) is 1. The minimum absolute atomic E-state index is 0.140. The highest BCUT2D eigenvalue weighted by atomic mass is 33.1. The molecular formula is C17H35N3O2S2. The Morgan fingerprint density at radius 2 is 1.75 bits per heavy atom. The second kappa shape index (κ2) is 17.6. The summed E-state index contributed by atoms with van der Waals surface area (Å²) in [5.74, 6) is 2.41. The van der Waals surface area contributed by atoms with Crippen LogP contribution >= 0.6 is 21.6 Å². The van der Waals surface area contributed by atoms with Crippen LogP contribution in [0.15, 0.2) is 0 Å². The minimum atomic E-state index is 0.140. The third-order valence-corrected chi connectivity index (χ3v) is 6.01. The van der Waals surface area contributed by atoms with E-state index in [4.69, 9.17) is 5.73 Å². The second-order valence-corrected chi connectivity index (χ2v) is 8.64. The zero-order valence-electron chi connectivity index (χ0n) is 15.3. The zero-order valence-corrected chi connectivity index (χ0v) is 17.0. The molecule has 0 rings (SSSR count). The summed E-state index contributed by atoms with van der Waals surface area (Å²) in [4.78, 5) is 25.3. The summed E-state index contributed by atoms with van der Waals surface area (Å²) in [6, 6.07) is 0. The quantitative estimate of drug-likeness (QED) is 0.300. The normalized spacial score (nSPS) is 11.0. The average molecular weight is 378 g/mol. The molecule has 24 heavy (non-hydrogen) atoms. The molecule has 142 valence electrons. The Morgan fingerprint density at radius 1 is 1.00 bits per heavy atom. The van der Waals surface area contributed by atoms with Crippen molar-refractivity contribution in [2.75, 3.05) is 44.7 Å². The summed E-state index contributed by atoms with van der Waals surface area (Å²) >= 11 is 0. The van der Waals surface area contributed by atoms with Gasteiger partial charge in [-0.1, -0.05) is 28.5 Å². The van der Waals surface area contributed by atoms with Crippen molar-refractivity contribution < 1.29 is 9.59 Å². The van der Waals surface area contributed by atoms with Gasteiger partial charge in [-0.25, -0.2) is 0 Å². The number of hydrogen-bond donors (Lipinski definition) is 2. The fraction of sp³-hybridized carbons (Fsp3) is 0.882. The van der Waals surface area contributed by atoms with Crippen LogP contribution in [0.1, 0.15) is 51.9 Å². The summed E-state index contributed by atoms with van der Waals surface area (Å²) in [6.45, 7) is 5.35. The predicted molar refractivity (Wildman–Crippen MR) is 107 cm³/mol. The molecule has 0 fully saturated rings. The second-order valence-electron chi connectivity index (χ2n) is 5.94. The summed E-state index contributed by atoms with van der Waals surface area (Å²) in [6.07, 6.45) is 5.93. The van der Waals surface area contributed by atoms with Crippen LogP contribution in [0.3, 0.4) is 0 Å². The molecule has 0 aromatic rings. The number of carbonyl (C=O) groups excluding carboxylic acids is 2. The number of unbranched alkanes of at least 4 members (excludes halogenated alkanes) is 1. The van der Waals surface area contributed by atoms with E-state index < -0.39 is 0 Å². The van der Waals surface area contributed by atoms with Crippen LogP contribution < -0.4 is 11.1 Å². The van der Waals surface area contributed by atoms with Crippen LogP contribution in [0.2, 0.25) is 0 Å². The lowest BCUT2D eigenvalue weighted by atomic mass is 10.2. The smallest absolute Gasteiger partial charge is 0.220 e. The largest absolute Gasteiger partial charge is 0.355 e. The summed E-state index contributed by atoms with van der Waals surface area (Å²) in [5.41, 5.74) is 5.47. The topological polar surface area (TPSA) is 75.4 Å². The highest BCUT2D eigenvalue weighted by Gasteiger charge is 2.05. The van der Waals surface area contributed by atoms with Crippen LogP contribution in [0.25, 0.3) is 0 Å². The minimum Gasteiger partial charge on any atom is -0.355 e. The lowest BCUT2D eigenvalue weighted by Crippen LogP contribution is -2.24. The fourth-order valence-electron chi connectivity index (χ4n) is 2.07. The van der Waals surface area contributed by atoms with E-state index >= 15 is 0 Å². The molecule has 3 N–H and O–H groups in total. The maximum absolute atomic E-state index is 11.8. The van der Waals surface area contributed by atoms with E-state index in [9.17, 15) is 9.59 Å². The number of nitrogens with zero attached hydrogens (tertiary/aromatic N) is 1. The SMILES string of the molecule is CCCC(=O)NCCSSCCCC(=O)CCN(C)CCCCN. The first-order chi connectivity index (χ1) is 11.6. The predicted octanol–water partition coefficient (Wildman–Crippen LogP) is 2.69. The van der Waals surface area contributed by atoms with Crippen LogP contribution in [-0.2, 0) is 9.59 Å². The molecule has 0 heterocycles. The maximum atomic E-state index is 11.8. The lowest BCUT2D eigenvalue weighted by molar-refractivity contribution is -0.121. The molecule has 0 saturated carbocycles. The van der Waals surface area contributed by atoms with Crippen molar-refractivity contribution in [3.05, 3.63) is 0 Å².